The first kappa shape index (κ1) is 30.7. The molecule has 1 unspecified atom stereocenters. The molecular formula is C27H40N4O6Si. The van der Waals surface area contributed by atoms with Crippen molar-refractivity contribution in [2.24, 2.45) is 21.8 Å². The highest BCUT2D eigenvalue weighted by Gasteiger charge is 2.22. The highest BCUT2D eigenvalue weighted by molar-refractivity contribution is 6.76. The molecule has 1 aliphatic rings. The lowest BCUT2D eigenvalue weighted by molar-refractivity contribution is -0.145. The number of hydrogen-bond donors (Lipinski definition) is 2. The van der Waals surface area contributed by atoms with E-state index in [1.54, 1.807) is 31.3 Å². The predicted molar refractivity (Wildman–Crippen MR) is 153 cm³/mol. The molecule has 0 saturated carbocycles. The van der Waals surface area contributed by atoms with E-state index in [0.717, 1.165) is 6.04 Å². The monoisotopic (exact) mass is 544 g/mol. The number of ether oxygens (including phenoxy) is 3. The molecule has 1 heterocycles. The van der Waals surface area contributed by atoms with Gasteiger partial charge >= 0.3 is 12.1 Å². The molecule has 0 aromatic heterocycles. The van der Waals surface area contributed by atoms with Crippen molar-refractivity contribution >= 4 is 55.7 Å². The first-order chi connectivity index (χ1) is 18.0. The van der Waals surface area contributed by atoms with Gasteiger partial charge in [-0.05, 0) is 44.0 Å². The van der Waals surface area contributed by atoms with Crippen LogP contribution in [0.2, 0.25) is 25.7 Å². The average Bonchev–Trinajstić information content (AvgIpc) is 2.85. The van der Waals surface area contributed by atoms with E-state index in [4.69, 9.17) is 9.47 Å². The molecular weight excluding hydrogens is 504 g/mol. The van der Waals surface area contributed by atoms with Gasteiger partial charge in [0.2, 0.25) is 5.91 Å². The zero-order valence-electron chi connectivity index (χ0n) is 23.2. The number of nitrogens with zero attached hydrogens (tertiary/aromatic N) is 2. The van der Waals surface area contributed by atoms with Crippen molar-refractivity contribution in [2.45, 2.75) is 58.8 Å². The van der Waals surface area contributed by atoms with Crippen molar-refractivity contribution in [1.82, 2.24) is 0 Å². The van der Waals surface area contributed by atoms with Gasteiger partial charge in [-0.25, -0.2) is 9.79 Å². The molecule has 1 aromatic carbocycles. The number of nitrogens with one attached hydrogen (secondary N) is 2. The summed E-state index contributed by atoms with van der Waals surface area (Å²) in [5, 5.41) is 5.56. The van der Waals surface area contributed by atoms with Crippen LogP contribution in [-0.4, -0.2) is 59.0 Å². The summed E-state index contributed by atoms with van der Waals surface area (Å²) in [5.74, 6) is -1.41. The van der Waals surface area contributed by atoms with E-state index in [9.17, 15) is 14.4 Å². The minimum absolute atomic E-state index is 0.184. The van der Waals surface area contributed by atoms with Gasteiger partial charge in [-0.15, -0.1) is 0 Å². The molecule has 1 aliphatic heterocycles. The smallest absolute Gasteiger partial charge is 0.411 e. The molecule has 11 heteroatoms. The van der Waals surface area contributed by atoms with Crippen LogP contribution in [-0.2, 0) is 23.8 Å². The van der Waals surface area contributed by atoms with E-state index in [-0.39, 0.29) is 24.4 Å². The molecule has 0 saturated heterocycles. The zero-order valence-corrected chi connectivity index (χ0v) is 24.2. The number of anilines is 2. The van der Waals surface area contributed by atoms with Crippen LogP contribution in [0.25, 0.3) is 5.70 Å². The predicted octanol–water partition coefficient (Wildman–Crippen LogP) is 5.56. The minimum atomic E-state index is -1.23. The van der Waals surface area contributed by atoms with Crippen molar-refractivity contribution in [1.29, 1.82) is 0 Å². The third kappa shape index (κ3) is 10.5. The molecule has 0 aliphatic carbocycles. The number of rotatable bonds is 8. The lowest BCUT2D eigenvalue weighted by Crippen LogP contribution is -2.23. The number of carbonyl (C=O) groups excluding carboxylic acids is 3. The van der Waals surface area contributed by atoms with Gasteiger partial charge < -0.3 is 19.5 Å². The van der Waals surface area contributed by atoms with Gasteiger partial charge in [-0.1, -0.05) is 33.0 Å². The van der Waals surface area contributed by atoms with Crippen molar-refractivity contribution < 1.29 is 28.6 Å². The number of carbonyl (C=O) groups is 3. The van der Waals surface area contributed by atoms with E-state index < -0.39 is 20.1 Å². The number of fused-ring (bicyclic) bond motifs is 1. The maximum Gasteiger partial charge on any atom is 0.411 e. The number of esters is 1. The fraction of sp³-hybridized carbons (Fsp3) is 0.519. The molecule has 1 aromatic rings. The van der Waals surface area contributed by atoms with E-state index in [1.165, 1.54) is 19.7 Å². The largest absolute Gasteiger partial charge is 0.483 e. The molecule has 2 atom stereocenters. The Hall–Kier alpha value is -3.47. The molecule has 10 nitrogen and oxygen atoms in total. The van der Waals surface area contributed by atoms with Gasteiger partial charge in [0.1, 0.15) is 0 Å². The van der Waals surface area contributed by atoms with Gasteiger partial charge in [-0.3, -0.25) is 19.9 Å². The summed E-state index contributed by atoms with van der Waals surface area (Å²) in [4.78, 5) is 46.2. The molecule has 2 N–H and O–H groups in total. The van der Waals surface area contributed by atoms with E-state index >= 15 is 0 Å². The van der Waals surface area contributed by atoms with Gasteiger partial charge in [0.05, 0.1) is 43.8 Å². The Morgan fingerprint density at radius 2 is 2.03 bits per heavy atom. The van der Waals surface area contributed by atoms with Crippen LogP contribution < -0.4 is 10.6 Å². The van der Waals surface area contributed by atoms with Crippen LogP contribution in [0.1, 0.15) is 38.7 Å². The van der Waals surface area contributed by atoms with E-state index in [0.29, 0.717) is 48.5 Å². The summed E-state index contributed by atoms with van der Waals surface area (Å²) in [6.45, 7) is 11.2. The lowest BCUT2D eigenvalue weighted by Gasteiger charge is -2.19. The maximum absolute atomic E-state index is 13.0. The second-order valence-corrected chi connectivity index (χ2v) is 15.9. The Kier molecular flexibility index (Phi) is 12.2. The topological polar surface area (TPSA) is 128 Å². The highest BCUT2D eigenvalue weighted by atomic mass is 28.3. The average molecular weight is 545 g/mol. The highest BCUT2D eigenvalue weighted by Crippen LogP contribution is 2.30. The normalized spacial score (nSPS) is 20.5. The summed E-state index contributed by atoms with van der Waals surface area (Å²) >= 11 is 0. The SMILES string of the molecule is CCOC(=O)C1/C=N/C(=C\N=C/OCC[Si](C)(C)C)c2ccc(NC(=O)OC)cc2NC(=O)[C@H](C)CCC1. The third-order valence-electron chi connectivity index (χ3n) is 5.87. The number of methoxy groups -OCH3 is 1. The summed E-state index contributed by atoms with van der Waals surface area (Å²) in [6.07, 6.45) is 5.56. The van der Waals surface area contributed by atoms with Gasteiger partial charge in [-0.2, -0.15) is 0 Å². The van der Waals surface area contributed by atoms with Gasteiger partial charge in [0, 0.05) is 31.5 Å². The third-order valence-corrected chi connectivity index (χ3v) is 7.57. The van der Waals surface area contributed by atoms with Crippen LogP contribution in [0, 0.1) is 11.8 Å². The van der Waals surface area contributed by atoms with Crippen LogP contribution in [0.5, 0.6) is 0 Å². The summed E-state index contributed by atoms with van der Waals surface area (Å²) in [7, 11) is 0.0350. The Morgan fingerprint density at radius 1 is 1.26 bits per heavy atom. The number of hydrogen-bond acceptors (Lipinski definition) is 8. The van der Waals surface area contributed by atoms with Gasteiger partial charge in [0.15, 0.2) is 6.40 Å². The second kappa shape index (κ2) is 15.1. The maximum atomic E-state index is 13.0. The first-order valence-electron chi connectivity index (χ1n) is 12.9. The molecule has 2 amide bonds. The van der Waals surface area contributed by atoms with Crippen molar-refractivity contribution in [3.8, 4) is 0 Å². The van der Waals surface area contributed by atoms with E-state index in [2.05, 4.69) is 45.0 Å². The van der Waals surface area contributed by atoms with Gasteiger partial charge in [0.25, 0.3) is 0 Å². The van der Waals surface area contributed by atoms with E-state index in [1.807, 2.05) is 6.92 Å². The van der Waals surface area contributed by atoms with Crippen LogP contribution in [0.4, 0.5) is 16.2 Å². The number of benzene rings is 1. The summed E-state index contributed by atoms with van der Waals surface area (Å²) < 4.78 is 15.5. The molecule has 0 radical (unpaired) electrons. The second-order valence-electron chi connectivity index (χ2n) is 10.3. The van der Waals surface area contributed by atoms with Crippen molar-refractivity contribution in [2.75, 3.05) is 31.0 Å². The molecule has 0 spiro atoms. The fourth-order valence-electron chi connectivity index (χ4n) is 3.56. The Labute approximate surface area is 225 Å². The Morgan fingerprint density at radius 3 is 2.71 bits per heavy atom. The zero-order chi connectivity index (χ0) is 28.1. The lowest BCUT2D eigenvalue weighted by atomic mass is 9.96. The molecule has 0 fully saturated rings. The molecule has 38 heavy (non-hydrogen) atoms. The summed E-state index contributed by atoms with van der Waals surface area (Å²) in [6, 6.07) is 6.00. The quantitative estimate of drug-likeness (QED) is 0.145. The Bertz CT molecular complexity index is 1060. The molecule has 208 valence electrons. The fourth-order valence-corrected chi connectivity index (χ4v) is 4.29. The van der Waals surface area contributed by atoms with Crippen molar-refractivity contribution in [3.63, 3.8) is 0 Å². The van der Waals surface area contributed by atoms with Crippen molar-refractivity contribution in [3.05, 3.63) is 30.0 Å². The van der Waals surface area contributed by atoms with Crippen LogP contribution in [0.3, 0.4) is 0 Å². The number of aliphatic imine (C=N–C) groups is 2. The number of amides is 2. The standard InChI is InChI=1S/C27H40N4O6Si/c1-7-37-26(33)20-10-8-9-19(2)25(32)31-23-15-21(30-27(34)35-3)11-12-22(23)24(29-16-20)17-28-18-36-13-14-38(4,5)6/h11-12,15-20H,7-10,13-14H2,1-6H3,(H,30,34)(H,31,32)/b24-17-,28-18-,29-16+/t19-,20?/m1/s1. The molecule has 0 bridgehead atoms. The Balaban J connectivity index is 2.51. The molecule has 2 rings (SSSR count). The van der Waals surface area contributed by atoms with Crippen LogP contribution in [0.15, 0.2) is 34.4 Å². The summed E-state index contributed by atoms with van der Waals surface area (Å²) in [5.41, 5.74) is 1.82. The first-order valence-corrected chi connectivity index (χ1v) is 16.6. The minimum Gasteiger partial charge on any atom is -0.483 e. The van der Waals surface area contributed by atoms with Crippen LogP contribution >= 0.6 is 0 Å².